The van der Waals surface area contributed by atoms with Gasteiger partial charge in [0.25, 0.3) is 5.56 Å². The highest BCUT2D eigenvalue weighted by molar-refractivity contribution is 6.29. The standard InChI is InChI=1S/C23H25ClN6O6/c1-6-36-20(32)15-14(27(2)22(33)25-16(15)12-7-9-13(35-5)10-8-12)11-30-17-18(26-21(30)24)28(3)23(34)29(4)19(17)31/h7-10,16H,6,11H2,1-5H3,(H,25,33). The first kappa shape index (κ1) is 25.0. The fourth-order valence-corrected chi connectivity index (χ4v) is 4.38. The van der Waals surface area contributed by atoms with Gasteiger partial charge in [-0.2, -0.15) is 4.98 Å². The molecule has 2 aromatic heterocycles. The molecule has 0 saturated heterocycles. The number of hydrogen-bond acceptors (Lipinski definition) is 7. The van der Waals surface area contributed by atoms with Crippen molar-refractivity contribution in [2.45, 2.75) is 19.5 Å². The van der Waals surface area contributed by atoms with Gasteiger partial charge in [-0.25, -0.2) is 14.4 Å². The summed E-state index contributed by atoms with van der Waals surface area (Å²) in [5, 5.41) is 2.74. The minimum Gasteiger partial charge on any atom is -0.497 e. The highest BCUT2D eigenvalue weighted by Gasteiger charge is 2.37. The molecular weight excluding hydrogens is 492 g/mol. The SMILES string of the molecule is CCOC(=O)C1=C(Cn2c(Cl)nc3c2c(=O)n(C)c(=O)n3C)N(C)C(=O)NC1c1ccc(OC)cc1. The zero-order chi connectivity index (χ0) is 26.3. The van der Waals surface area contributed by atoms with Gasteiger partial charge in [-0.05, 0) is 36.2 Å². The summed E-state index contributed by atoms with van der Waals surface area (Å²) in [5.41, 5.74) is 0.0209. The van der Waals surface area contributed by atoms with Crippen LogP contribution in [0, 0.1) is 0 Å². The van der Waals surface area contributed by atoms with E-state index in [0.29, 0.717) is 11.3 Å². The fourth-order valence-electron chi connectivity index (χ4n) is 4.16. The second-order valence-electron chi connectivity index (χ2n) is 8.14. The summed E-state index contributed by atoms with van der Waals surface area (Å²) in [6.45, 7) is 1.63. The van der Waals surface area contributed by atoms with E-state index in [0.717, 1.165) is 4.57 Å². The Morgan fingerprint density at radius 2 is 1.78 bits per heavy atom. The summed E-state index contributed by atoms with van der Waals surface area (Å²) in [7, 11) is 5.85. The molecule has 3 aromatic rings. The van der Waals surface area contributed by atoms with E-state index in [1.54, 1.807) is 31.2 Å². The summed E-state index contributed by atoms with van der Waals surface area (Å²) >= 11 is 6.41. The Bertz CT molecular complexity index is 1520. The number of aryl methyl sites for hydroxylation is 1. The Kier molecular flexibility index (Phi) is 6.63. The average Bonchev–Trinajstić information content (AvgIpc) is 3.20. The van der Waals surface area contributed by atoms with Gasteiger partial charge in [0.2, 0.25) is 5.28 Å². The van der Waals surface area contributed by atoms with Crippen LogP contribution in [0.2, 0.25) is 5.28 Å². The molecule has 1 atom stereocenters. The first-order valence-electron chi connectivity index (χ1n) is 11.0. The highest BCUT2D eigenvalue weighted by atomic mass is 35.5. The van der Waals surface area contributed by atoms with E-state index in [4.69, 9.17) is 21.1 Å². The lowest BCUT2D eigenvalue weighted by molar-refractivity contribution is -0.139. The van der Waals surface area contributed by atoms with E-state index < -0.39 is 29.3 Å². The second-order valence-corrected chi connectivity index (χ2v) is 8.48. The molecule has 13 heteroatoms. The number of esters is 1. The molecule has 1 N–H and O–H groups in total. The summed E-state index contributed by atoms with van der Waals surface area (Å²) in [4.78, 5) is 57.0. The van der Waals surface area contributed by atoms with E-state index in [2.05, 4.69) is 10.3 Å². The molecule has 4 rings (SSSR count). The summed E-state index contributed by atoms with van der Waals surface area (Å²) in [5.74, 6) is -0.0287. The number of methoxy groups -OCH3 is 1. The van der Waals surface area contributed by atoms with Crippen molar-refractivity contribution in [3.05, 3.63) is 67.2 Å². The van der Waals surface area contributed by atoms with Gasteiger partial charge < -0.3 is 19.4 Å². The largest absolute Gasteiger partial charge is 0.497 e. The minimum atomic E-state index is -0.839. The number of rotatable bonds is 6. The number of ether oxygens (including phenoxy) is 2. The van der Waals surface area contributed by atoms with Crippen LogP contribution in [0.4, 0.5) is 4.79 Å². The van der Waals surface area contributed by atoms with Crippen LogP contribution in [0.3, 0.4) is 0 Å². The van der Waals surface area contributed by atoms with Crippen LogP contribution in [-0.4, -0.2) is 56.3 Å². The topological polar surface area (TPSA) is 130 Å². The lowest BCUT2D eigenvalue weighted by Gasteiger charge is -2.35. The molecule has 0 radical (unpaired) electrons. The zero-order valence-corrected chi connectivity index (χ0v) is 21.1. The van der Waals surface area contributed by atoms with Crippen LogP contribution >= 0.6 is 11.6 Å². The number of imidazole rings is 1. The molecule has 36 heavy (non-hydrogen) atoms. The molecule has 12 nitrogen and oxygen atoms in total. The van der Waals surface area contributed by atoms with Gasteiger partial charge >= 0.3 is 17.7 Å². The van der Waals surface area contributed by atoms with E-state index >= 15 is 0 Å². The number of urea groups is 1. The second kappa shape index (κ2) is 9.53. The number of likely N-dealkylation sites (N-methyl/N-ethyl adjacent to an activating group) is 1. The zero-order valence-electron chi connectivity index (χ0n) is 20.4. The van der Waals surface area contributed by atoms with Crippen molar-refractivity contribution in [3.63, 3.8) is 0 Å². The van der Waals surface area contributed by atoms with E-state index in [1.165, 1.54) is 42.3 Å². The number of carbonyl (C=O) groups excluding carboxylic acids is 2. The molecule has 1 unspecified atom stereocenters. The molecule has 0 spiro atoms. The molecule has 1 aromatic carbocycles. The van der Waals surface area contributed by atoms with Crippen molar-refractivity contribution < 1.29 is 19.1 Å². The maximum atomic E-state index is 13.2. The Labute approximate surface area is 210 Å². The molecule has 1 aliphatic heterocycles. The number of halogens is 1. The maximum Gasteiger partial charge on any atom is 0.338 e. The first-order valence-corrected chi connectivity index (χ1v) is 11.4. The van der Waals surface area contributed by atoms with Crippen LogP contribution < -0.4 is 21.3 Å². The third kappa shape index (κ3) is 4.02. The number of nitrogens with zero attached hydrogens (tertiary/aromatic N) is 5. The molecule has 0 bridgehead atoms. The first-order chi connectivity index (χ1) is 17.1. The molecule has 2 amide bonds. The fraction of sp³-hybridized carbons (Fsp3) is 0.348. The third-order valence-electron chi connectivity index (χ3n) is 6.13. The number of nitrogens with one attached hydrogen (secondary N) is 1. The van der Waals surface area contributed by atoms with E-state index in [-0.39, 0.29) is 40.9 Å². The average molecular weight is 517 g/mol. The molecular formula is C23H25ClN6O6. The third-order valence-corrected chi connectivity index (χ3v) is 6.42. The van der Waals surface area contributed by atoms with Gasteiger partial charge in [0.15, 0.2) is 11.2 Å². The van der Waals surface area contributed by atoms with Gasteiger partial charge in [-0.15, -0.1) is 0 Å². The number of benzene rings is 1. The number of amides is 2. The molecule has 190 valence electrons. The molecule has 0 fully saturated rings. The lowest BCUT2D eigenvalue weighted by atomic mass is 9.94. The van der Waals surface area contributed by atoms with Crippen LogP contribution in [0.5, 0.6) is 5.75 Å². The van der Waals surface area contributed by atoms with E-state index in [1.807, 2.05) is 0 Å². The maximum absolute atomic E-state index is 13.2. The van der Waals surface area contributed by atoms with Crippen LogP contribution in [0.15, 0.2) is 45.1 Å². The quantitative estimate of drug-likeness (QED) is 0.386. The normalized spacial score (nSPS) is 15.9. The number of aromatic nitrogens is 4. The van der Waals surface area contributed by atoms with Crippen LogP contribution in [-0.2, 0) is 30.2 Å². The van der Waals surface area contributed by atoms with Crippen molar-refractivity contribution in [1.82, 2.24) is 28.9 Å². The minimum absolute atomic E-state index is 0.0562. The van der Waals surface area contributed by atoms with Gasteiger partial charge in [0.05, 0.1) is 37.6 Å². The smallest absolute Gasteiger partial charge is 0.338 e. The van der Waals surface area contributed by atoms with Gasteiger partial charge in [-0.3, -0.25) is 18.8 Å². The van der Waals surface area contributed by atoms with Crippen molar-refractivity contribution in [2.24, 2.45) is 14.1 Å². The summed E-state index contributed by atoms with van der Waals surface area (Å²) in [6.07, 6.45) is 0. The number of allylic oxidation sites excluding steroid dienone is 1. The Hall–Kier alpha value is -4.06. The van der Waals surface area contributed by atoms with Gasteiger partial charge in [0, 0.05) is 21.1 Å². The summed E-state index contributed by atoms with van der Waals surface area (Å²) in [6, 6.07) is 5.59. The van der Waals surface area contributed by atoms with Crippen molar-refractivity contribution in [2.75, 3.05) is 20.8 Å². The number of hydrogen-bond donors (Lipinski definition) is 1. The Morgan fingerprint density at radius 3 is 2.39 bits per heavy atom. The Balaban J connectivity index is 1.96. The Morgan fingerprint density at radius 1 is 1.11 bits per heavy atom. The van der Waals surface area contributed by atoms with Crippen LogP contribution in [0.1, 0.15) is 18.5 Å². The highest BCUT2D eigenvalue weighted by Crippen LogP contribution is 2.33. The molecule has 3 heterocycles. The molecule has 0 saturated carbocycles. The van der Waals surface area contributed by atoms with E-state index in [9.17, 15) is 19.2 Å². The summed E-state index contributed by atoms with van der Waals surface area (Å²) < 4.78 is 14.1. The van der Waals surface area contributed by atoms with Gasteiger partial charge in [-0.1, -0.05) is 12.1 Å². The van der Waals surface area contributed by atoms with Crippen LogP contribution in [0.25, 0.3) is 11.2 Å². The monoisotopic (exact) mass is 516 g/mol. The van der Waals surface area contributed by atoms with Crippen molar-refractivity contribution in [3.8, 4) is 5.75 Å². The van der Waals surface area contributed by atoms with Crippen molar-refractivity contribution in [1.29, 1.82) is 0 Å². The lowest BCUT2D eigenvalue weighted by Crippen LogP contribution is -2.47. The molecule has 1 aliphatic rings. The molecule has 0 aliphatic carbocycles. The predicted molar refractivity (Wildman–Crippen MR) is 131 cm³/mol. The van der Waals surface area contributed by atoms with Crippen molar-refractivity contribution >= 4 is 34.8 Å². The number of carbonyl (C=O) groups is 2. The number of fused-ring (bicyclic) bond motifs is 1. The predicted octanol–water partition coefficient (Wildman–Crippen LogP) is 1.31. The van der Waals surface area contributed by atoms with Gasteiger partial charge in [0.1, 0.15) is 5.75 Å².